The zero-order chi connectivity index (χ0) is 19.6. The molecule has 0 bridgehead atoms. The number of esters is 1. The SMILES string of the molecule is C[C@H](OC(=O)[C@@H](C)N1C(=O)c2ccccc2C1=O)C(=O)Nc1ccccc1. The van der Waals surface area contributed by atoms with Crippen LogP contribution in [0.3, 0.4) is 0 Å². The minimum absolute atomic E-state index is 0.247. The van der Waals surface area contributed by atoms with Crippen LogP contribution in [-0.4, -0.2) is 40.7 Å². The number of anilines is 1. The Morgan fingerprint density at radius 3 is 1.96 bits per heavy atom. The molecule has 0 fully saturated rings. The molecule has 0 saturated carbocycles. The molecule has 27 heavy (non-hydrogen) atoms. The van der Waals surface area contributed by atoms with E-state index in [0.29, 0.717) is 5.69 Å². The Morgan fingerprint density at radius 1 is 0.889 bits per heavy atom. The van der Waals surface area contributed by atoms with E-state index in [1.54, 1.807) is 36.4 Å². The first-order chi connectivity index (χ1) is 12.9. The maximum absolute atomic E-state index is 12.4. The molecule has 0 aliphatic carbocycles. The van der Waals surface area contributed by atoms with E-state index in [4.69, 9.17) is 4.74 Å². The molecular formula is C20H18N2O5. The van der Waals surface area contributed by atoms with Crippen molar-refractivity contribution in [1.29, 1.82) is 0 Å². The zero-order valence-electron chi connectivity index (χ0n) is 14.8. The van der Waals surface area contributed by atoms with Crippen molar-refractivity contribution in [3.05, 3.63) is 65.7 Å². The van der Waals surface area contributed by atoms with E-state index >= 15 is 0 Å². The van der Waals surface area contributed by atoms with Crippen LogP contribution in [0.5, 0.6) is 0 Å². The second kappa shape index (κ2) is 7.41. The number of amides is 3. The van der Waals surface area contributed by atoms with E-state index in [1.165, 1.54) is 26.0 Å². The van der Waals surface area contributed by atoms with Gasteiger partial charge in [0, 0.05) is 5.69 Å². The number of fused-ring (bicyclic) bond motifs is 1. The first-order valence-electron chi connectivity index (χ1n) is 8.43. The first kappa shape index (κ1) is 18.3. The Labute approximate surface area is 155 Å². The van der Waals surface area contributed by atoms with Crippen LogP contribution in [0.4, 0.5) is 5.69 Å². The average Bonchev–Trinajstić information content (AvgIpc) is 2.93. The van der Waals surface area contributed by atoms with Gasteiger partial charge in [0.2, 0.25) is 0 Å². The number of nitrogens with one attached hydrogen (secondary N) is 1. The number of rotatable bonds is 5. The topological polar surface area (TPSA) is 92.8 Å². The Balaban J connectivity index is 1.65. The highest BCUT2D eigenvalue weighted by Gasteiger charge is 2.41. The lowest BCUT2D eigenvalue weighted by Gasteiger charge is -2.22. The second-order valence-electron chi connectivity index (χ2n) is 6.14. The summed E-state index contributed by atoms with van der Waals surface area (Å²) in [6.07, 6.45) is -1.09. The van der Waals surface area contributed by atoms with Crippen LogP contribution >= 0.6 is 0 Å². The van der Waals surface area contributed by atoms with Crippen molar-refractivity contribution in [2.75, 3.05) is 5.32 Å². The van der Waals surface area contributed by atoms with Crippen molar-refractivity contribution >= 4 is 29.4 Å². The highest BCUT2D eigenvalue weighted by molar-refractivity contribution is 6.22. The molecule has 7 nitrogen and oxygen atoms in total. The van der Waals surface area contributed by atoms with Crippen LogP contribution in [0, 0.1) is 0 Å². The molecule has 0 radical (unpaired) electrons. The van der Waals surface area contributed by atoms with Gasteiger partial charge in [-0.2, -0.15) is 0 Å². The summed E-state index contributed by atoms with van der Waals surface area (Å²) in [5.74, 6) is -2.45. The average molecular weight is 366 g/mol. The lowest BCUT2D eigenvalue weighted by molar-refractivity contribution is -0.156. The number of carbonyl (C=O) groups excluding carboxylic acids is 4. The fourth-order valence-corrected chi connectivity index (χ4v) is 2.76. The van der Waals surface area contributed by atoms with Crippen LogP contribution in [-0.2, 0) is 14.3 Å². The Hall–Kier alpha value is -3.48. The predicted molar refractivity (Wildman–Crippen MR) is 97.0 cm³/mol. The van der Waals surface area contributed by atoms with Gasteiger partial charge in [-0.15, -0.1) is 0 Å². The van der Waals surface area contributed by atoms with E-state index in [-0.39, 0.29) is 11.1 Å². The molecule has 0 unspecified atom stereocenters. The molecule has 0 spiro atoms. The number of ether oxygens (including phenoxy) is 1. The molecule has 2 atom stereocenters. The molecule has 2 aromatic rings. The van der Waals surface area contributed by atoms with Gasteiger partial charge < -0.3 is 10.1 Å². The van der Waals surface area contributed by atoms with Crippen LogP contribution < -0.4 is 5.32 Å². The van der Waals surface area contributed by atoms with Crippen molar-refractivity contribution in [3.63, 3.8) is 0 Å². The van der Waals surface area contributed by atoms with Crippen LogP contribution in [0.25, 0.3) is 0 Å². The van der Waals surface area contributed by atoms with Gasteiger partial charge in [-0.3, -0.25) is 19.3 Å². The molecule has 1 N–H and O–H groups in total. The highest BCUT2D eigenvalue weighted by atomic mass is 16.5. The number of nitrogens with zero attached hydrogens (tertiary/aromatic N) is 1. The molecule has 3 amide bonds. The molecular weight excluding hydrogens is 348 g/mol. The number of hydrogen-bond donors (Lipinski definition) is 1. The summed E-state index contributed by atoms with van der Waals surface area (Å²) < 4.78 is 5.16. The molecule has 3 rings (SSSR count). The molecule has 7 heteroatoms. The molecule has 2 aromatic carbocycles. The van der Waals surface area contributed by atoms with E-state index in [2.05, 4.69) is 5.32 Å². The minimum atomic E-state index is -1.15. The Kier molecular flexibility index (Phi) is 5.03. The summed E-state index contributed by atoms with van der Waals surface area (Å²) in [5, 5.41) is 2.62. The third-order valence-corrected chi connectivity index (χ3v) is 4.26. The van der Waals surface area contributed by atoms with E-state index in [0.717, 1.165) is 4.90 Å². The third kappa shape index (κ3) is 3.57. The van der Waals surface area contributed by atoms with Gasteiger partial charge in [0.15, 0.2) is 6.10 Å². The summed E-state index contributed by atoms with van der Waals surface area (Å²) in [6, 6.07) is 13.9. The third-order valence-electron chi connectivity index (χ3n) is 4.26. The highest BCUT2D eigenvalue weighted by Crippen LogP contribution is 2.25. The maximum atomic E-state index is 12.4. The van der Waals surface area contributed by atoms with Gasteiger partial charge in [-0.1, -0.05) is 30.3 Å². The number of benzene rings is 2. The van der Waals surface area contributed by atoms with Gasteiger partial charge in [0.05, 0.1) is 11.1 Å². The smallest absolute Gasteiger partial charge is 0.329 e. The number of imide groups is 1. The first-order valence-corrected chi connectivity index (χ1v) is 8.43. The molecule has 138 valence electrons. The summed E-state index contributed by atoms with van der Waals surface area (Å²) in [5.41, 5.74) is 1.06. The standard InChI is InChI=1S/C20H18N2O5/c1-12(22-18(24)15-10-6-7-11-16(15)19(22)25)20(26)27-13(2)17(23)21-14-8-4-3-5-9-14/h3-13H,1-2H3,(H,21,23)/t12-,13+/m1/s1. The van der Waals surface area contributed by atoms with Crippen molar-refractivity contribution < 1.29 is 23.9 Å². The van der Waals surface area contributed by atoms with Gasteiger partial charge in [-0.25, -0.2) is 4.79 Å². The number of carbonyl (C=O) groups is 4. The second-order valence-corrected chi connectivity index (χ2v) is 6.14. The Bertz CT molecular complexity index is 875. The van der Waals surface area contributed by atoms with Gasteiger partial charge in [0.25, 0.3) is 17.7 Å². The zero-order valence-corrected chi connectivity index (χ0v) is 14.8. The van der Waals surface area contributed by atoms with Crippen LogP contribution in [0.1, 0.15) is 34.6 Å². The van der Waals surface area contributed by atoms with Gasteiger partial charge in [-0.05, 0) is 38.1 Å². The summed E-state index contributed by atoms with van der Waals surface area (Å²) >= 11 is 0. The van der Waals surface area contributed by atoms with Gasteiger partial charge >= 0.3 is 5.97 Å². The van der Waals surface area contributed by atoms with E-state index in [9.17, 15) is 19.2 Å². The minimum Gasteiger partial charge on any atom is -0.451 e. The monoisotopic (exact) mass is 366 g/mol. The lowest BCUT2D eigenvalue weighted by atomic mass is 10.1. The van der Waals surface area contributed by atoms with Crippen molar-refractivity contribution in [1.82, 2.24) is 4.90 Å². The largest absolute Gasteiger partial charge is 0.451 e. The number of hydrogen-bond acceptors (Lipinski definition) is 5. The summed E-state index contributed by atoms with van der Waals surface area (Å²) in [6.45, 7) is 2.82. The fraction of sp³-hybridized carbons (Fsp3) is 0.200. The van der Waals surface area contributed by atoms with E-state index < -0.39 is 35.8 Å². The molecule has 1 heterocycles. The Morgan fingerprint density at radius 2 is 1.41 bits per heavy atom. The maximum Gasteiger partial charge on any atom is 0.329 e. The van der Waals surface area contributed by atoms with Crippen LogP contribution in [0.15, 0.2) is 54.6 Å². The fourth-order valence-electron chi connectivity index (χ4n) is 2.76. The summed E-state index contributed by atoms with van der Waals surface area (Å²) in [7, 11) is 0. The number of para-hydroxylation sites is 1. The molecule has 1 aliphatic heterocycles. The molecule has 0 aromatic heterocycles. The van der Waals surface area contributed by atoms with Crippen molar-refractivity contribution in [2.24, 2.45) is 0 Å². The normalized spacial score (nSPS) is 15.1. The molecule has 1 aliphatic rings. The molecule has 0 saturated heterocycles. The predicted octanol–water partition coefficient (Wildman–Crippen LogP) is 2.24. The van der Waals surface area contributed by atoms with E-state index in [1.807, 2.05) is 6.07 Å². The quantitative estimate of drug-likeness (QED) is 0.647. The summed E-state index contributed by atoms with van der Waals surface area (Å²) in [4.78, 5) is 50.3. The van der Waals surface area contributed by atoms with Crippen molar-refractivity contribution in [2.45, 2.75) is 26.0 Å². The lowest BCUT2D eigenvalue weighted by Crippen LogP contribution is -2.45. The van der Waals surface area contributed by atoms with Crippen LogP contribution in [0.2, 0.25) is 0 Å². The van der Waals surface area contributed by atoms with Crippen molar-refractivity contribution in [3.8, 4) is 0 Å². The van der Waals surface area contributed by atoms with Gasteiger partial charge in [0.1, 0.15) is 6.04 Å².